The number of hydrogen-bond donors (Lipinski definition) is 1. The van der Waals surface area contributed by atoms with E-state index in [9.17, 15) is 14.9 Å². The van der Waals surface area contributed by atoms with Crippen LogP contribution < -0.4 is 5.32 Å². The number of hydrogen-bond acceptors (Lipinski definition) is 4. The highest BCUT2D eigenvalue weighted by Crippen LogP contribution is 2.24. The summed E-state index contributed by atoms with van der Waals surface area (Å²) in [5.41, 5.74) is 2.54. The molecule has 128 valence electrons. The highest BCUT2D eigenvalue weighted by molar-refractivity contribution is 5.90. The fourth-order valence-electron chi connectivity index (χ4n) is 2.50. The fraction of sp³-hybridized carbons (Fsp3) is 0.412. The summed E-state index contributed by atoms with van der Waals surface area (Å²) in [6.45, 7) is 9.44. The van der Waals surface area contributed by atoms with E-state index in [1.165, 1.54) is 10.2 Å². The molecular formula is C17H22N4O3. The number of benzene rings is 1. The van der Waals surface area contributed by atoms with Crippen LogP contribution in [0.25, 0.3) is 0 Å². The van der Waals surface area contributed by atoms with Crippen LogP contribution in [-0.2, 0) is 16.8 Å². The second-order valence-corrected chi connectivity index (χ2v) is 6.81. The largest absolute Gasteiger partial charge is 0.324 e. The zero-order valence-electron chi connectivity index (χ0n) is 14.6. The minimum Gasteiger partial charge on any atom is -0.324 e. The lowest BCUT2D eigenvalue weighted by molar-refractivity contribution is -0.386. The van der Waals surface area contributed by atoms with Crippen LogP contribution in [0.2, 0.25) is 0 Å². The zero-order chi connectivity index (χ0) is 18.1. The number of aromatic nitrogens is 2. The van der Waals surface area contributed by atoms with E-state index in [4.69, 9.17) is 0 Å². The van der Waals surface area contributed by atoms with E-state index >= 15 is 0 Å². The van der Waals surface area contributed by atoms with Gasteiger partial charge in [-0.3, -0.25) is 19.6 Å². The van der Waals surface area contributed by atoms with Crippen molar-refractivity contribution in [3.8, 4) is 0 Å². The van der Waals surface area contributed by atoms with Crippen LogP contribution >= 0.6 is 0 Å². The Labute approximate surface area is 140 Å². The van der Waals surface area contributed by atoms with Gasteiger partial charge in [-0.15, -0.1) is 0 Å². The second-order valence-electron chi connectivity index (χ2n) is 6.81. The Bertz CT molecular complexity index is 770. The molecule has 0 atom stereocenters. The van der Waals surface area contributed by atoms with Crippen molar-refractivity contribution in [2.24, 2.45) is 0 Å². The molecule has 0 radical (unpaired) electrons. The molecule has 1 amide bonds. The lowest BCUT2D eigenvalue weighted by Gasteiger charge is -2.19. The van der Waals surface area contributed by atoms with Gasteiger partial charge >= 0.3 is 5.69 Å². The van der Waals surface area contributed by atoms with Gasteiger partial charge in [0.1, 0.15) is 17.9 Å². The Morgan fingerprint density at radius 1 is 1.25 bits per heavy atom. The second kappa shape index (κ2) is 6.43. The van der Waals surface area contributed by atoms with E-state index in [1.54, 1.807) is 13.8 Å². The van der Waals surface area contributed by atoms with Gasteiger partial charge in [0.25, 0.3) is 0 Å². The van der Waals surface area contributed by atoms with Crippen molar-refractivity contribution < 1.29 is 9.72 Å². The van der Waals surface area contributed by atoms with Gasteiger partial charge in [-0.25, -0.2) is 0 Å². The topological polar surface area (TPSA) is 90.1 Å². The summed E-state index contributed by atoms with van der Waals surface area (Å²) in [5.74, 6) is -0.279. The van der Waals surface area contributed by atoms with Gasteiger partial charge in [0, 0.05) is 5.69 Å². The quantitative estimate of drug-likeness (QED) is 0.687. The van der Waals surface area contributed by atoms with Gasteiger partial charge in [-0.05, 0) is 37.0 Å². The Morgan fingerprint density at radius 2 is 1.83 bits per heavy atom. The zero-order valence-corrected chi connectivity index (χ0v) is 14.6. The van der Waals surface area contributed by atoms with E-state index in [1.807, 2.05) is 24.3 Å². The number of anilines is 1. The van der Waals surface area contributed by atoms with Gasteiger partial charge in [0.05, 0.1) is 4.92 Å². The standard InChI is InChI=1S/C17H22N4O3/c1-11-16(21(23)24)12(2)20(19-11)10-15(22)18-14-8-6-13(7-9-14)17(3,4)5/h6-9H,10H2,1-5H3,(H,18,22). The number of nitrogens with one attached hydrogen (secondary N) is 1. The van der Waals surface area contributed by atoms with Crippen LogP contribution in [0.3, 0.4) is 0 Å². The molecule has 0 aliphatic heterocycles. The molecule has 1 aromatic heterocycles. The minimum atomic E-state index is -0.475. The smallest absolute Gasteiger partial charge is 0.312 e. The molecule has 2 aromatic rings. The minimum absolute atomic E-state index is 0.0441. The molecule has 0 unspecified atom stereocenters. The summed E-state index contributed by atoms with van der Waals surface area (Å²) >= 11 is 0. The van der Waals surface area contributed by atoms with E-state index in [0.29, 0.717) is 17.1 Å². The third-order valence-electron chi connectivity index (χ3n) is 3.85. The normalized spacial score (nSPS) is 11.4. The highest BCUT2D eigenvalue weighted by Gasteiger charge is 2.22. The van der Waals surface area contributed by atoms with Gasteiger partial charge in [0.2, 0.25) is 5.91 Å². The van der Waals surface area contributed by atoms with Crippen molar-refractivity contribution in [1.82, 2.24) is 9.78 Å². The van der Waals surface area contributed by atoms with Gasteiger partial charge < -0.3 is 5.32 Å². The van der Waals surface area contributed by atoms with Gasteiger partial charge in [-0.1, -0.05) is 32.9 Å². The Morgan fingerprint density at radius 3 is 2.29 bits per heavy atom. The van der Waals surface area contributed by atoms with Crippen molar-refractivity contribution in [2.75, 3.05) is 5.32 Å². The molecule has 0 aliphatic carbocycles. The van der Waals surface area contributed by atoms with Gasteiger partial charge in [0.15, 0.2) is 0 Å². The number of carbonyl (C=O) groups excluding carboxylic acids is 1. The van der Waals surface area contributed by atoms with E-state index in [2.05, 4.69) is 31.2 Å². The summed E-state index contributed by atoms with van der Waals surface area (Å²) in [4.78, 5) is 22.7. The summed E-state index contributed by atoms with van der Waals surface area (Å²) < 4.78 is 1.35. The van der Waals surface area contributed by atoms with Crippen molar-refractivity contribution in [2.45, 2.75) is 46.6 Å². The fourth-order valence-corrected chi connectivity index (χ4v) is 2.50. The lowest BCUT2D eigenvalue weighted by Crippen LogP contribution is -2.20. The summed E-state index contributed by atoms with van der Waals surface area (Å²) in [5, 5.41) is 17.9. The number of amides is 1. The number of aryl methyl sites for hydroxylation is 1. The van der Waals surface area contributed by atoms with E-state index < -0.39 is 4.92 Å². The van der Waals surface area contributed by atoms with Crippen LogP contribution in [0.5, 0.6) is 0 Å². The van der Waals surface area contributed by atoms with Crippen LogP contribution in [0.1, 0.15) is 37.7 Å². The first-order valence-electron chi connectivity index (χ1n) is 7.68. The third kappa shape index (κ3) is 3.79. The van der Waals surface area contributed by atoms with Crippen molar-refractivity contribution in [1.29, 1.82) is 0 Å². The average molecular weight is 330 g/mol. The van der Waals surface area contributed by atoms with Crippen LogP contribution in [0, 0.1) is 24.0 Å². The summed E-state index contributed by atoms with van der Waals surface area (Å²) in [6, 6.07) is 7.65. The predicted octanol–water partition coefficient (Wildman–Crippen LogP) is 3.34. The Kier molecular flexibility index (Phi) is 4.73. The highest BCUT2D eigenvalue weighted by atomic mass is 16.6. The van der Waals surface area contributed by atoms with E-state index in [-0.39, 0.29) is 23.6 Å². The molecule has 1 heterocycles. The Hall–Kier alpha value is -2.70. The number of carbonyl (C=O) groups is 1. The monoisotopic (exact) mass is 330 g/mol. The number of nitrogens with zero attached hydrogens (tertiary/aromatic N) is 3. The molecule has 2 rings (SSSR count). The van der Waals surface area contributed by atoms with E-state index in [0.717, 1.165) is 0 Å². The maximum absolute atomic E-state index is 12.2. The molecule has 7 heteroatoms. The molecule has 7 nitrogen and oxygen atoms in total. The average Bonchev–Trinajstić information content (AvgIpc) is 2.72. The molecule has 0 aliphatic rings. The van der Waals surface area contributed by atoms with Crippen molar-refractivity contribution >= 4 is 17.3 Å². The molecule has 1 N–H and O–H groups in total. The molecule has 0 bridgehead atoms. The first-order valence-corrected chi connectivity index (χ1v) is 7.68. The molecule has 24 heavy (non-hydrogen) atoms. The maximum Gasteiger partial charge on any atom is 0.312 e. The third-order valence-corrected chi connectivity index (χ3v) is 3.85. The first-order chi connectivity index (χ1) is 11.1. The van der Waals surface area contributed by atoms with Crippen molar-refractivity contribution in [3.63, 3.8) is 0 Å². The van der Waals surface area contributed by atoms with Crippen molar-refractivity contribution in [3.05, 3.63) is 51.3 Å². The maximum atomic E-state index is 12.2. The van der Waals surface area contributed by atoms with Gasteiger partial charge in [-0.2, -0.15) is 5.10 Å². The predicted molar refractivity (Wildman–Crippen MR) is 92.1 cm³/mol. The summed E-state index contributed by atoms with van der Waals surface area (Å²) in [6.07, 6.45) is 0. The Balaban J connectivity index is 2.09. The number of rotatable bonds is 4. The first kappa shape index (κ1) is 17.7. The molecule has 0 fully saturated rings. The van der Waals surface area contributed by atoms with Crippen LogP contribution in [-0.4, -0.2) is 20.6 Å². The molecule has 1 aromatic carbocycles. The van der Waals surface area contributed by atoms with Crippen LogP contribution in [0.4, 0.5) is 11.4 Å². The SMILES string of the molecule is Cc1nn(CC(=O)Nc2ccc(C(C)(C)C)cc2)c(C)c1[N+](=O)[O-]. The molecule has 0 saturated carbocycles. The summed E-state index contributed by atoms with van der Waals surface area (Å²) in [7, 11) is 0. The van der Waals surface area contributed by atoms with Crippen LogP contribution in [0.15, 0.2) is 24.3 Å². The molecule has 0 saturated heterocycles. The molecular weight excluding hydrogens is 308 g/mol. The lowest BCUT2D eigenvalue weighted by atomic mass is 9.87. The number of nitro groups is 1. The molecule has 0 spiro atoms.